The van der Waals surface area contributed by atoms with E-state index in [1.165, 1.54) is 45.4 Å². The highest BCUT2D eigenvalue weighted by Crippen LogP contribution is 2.28. The molecular weight excluding hydrogens is 188 g/mol. The van der Waals surface area contributed by atoms with E-state index in [0.717, 1.165) is 12.0 Å². The summed E-state index contributed by atoms with van der Waals surface area (Å²) in [5, 5.41) is 3.50. The molecule has 0 aromatic carbocycles. The van der Waals surface area contributed by atoms with E-state index in [9.17, 15) is 0 Å². The molecule has 2 fully saturated rings. The lowest BCUT2D eigenvalue weighted by molar-refractivity contribution is -0.0322. The van der Waals surface area contributed by atoms with Gasteiger partial charge in [-0.05, 0) is 44.8 Å². The van der Waals surface area contributed by atoms with Gasteiger partial charge < -0.3 is 10.1 Å². The number of rotatable bonds is 2. The van der Waals surface area contributed by atoms with Crippen LogP contribution in [-0.2, 0) is 4.74 Å². The van der Waals surface area contributed by atoms with Crippen molar-refractivity contribution in [2.24, 2.45) is 5.92 Å². The Kier molecular flexibility index (Phi) is 4.00. The van der Waals surface area contributed by atoms with Gasteiger partial charge in [-0.25, -0.2) is 0 Å². The summed E-state index contributed by atoms with van der Waals surface area (Å²) in [5.41, 5.74) is 0. The average molecular weight is 212 g/mol. The second kappa shape index (κ2) is 5.28. The highest BCUT2D eigenvalue weighted by atomic mass is 16.5. The second-order valence-corrected chi connectivity index (χ2v) is 5.14. The van der Waals surface area contributed by atoms with Crippen LogP contribution in [0.15, 0.2) is 0 Å². The first-order valence-electron chi connectivity index (χ1n) is 6.27. The maximum absolute atomic E-state index is 5.35. The van der Waals surface area contributed by atoms with Gasteiger partial charge in [0.25, 0.3) is 0 Å². The highest BCUT2D eigenvalue weighted by molar-refractivity contribution is 4.89. The monoisotopic (exact) mass is 212 g/mol. The first-order chi connectivity index (χ1) is 7.29. The Morgan fingerprint density at radius 1 is 1.33 bits per heavy atom. The molecule has 15 heavy (non-hydrogen) atoms. The molecule has 1 aliphatic carbocycles. The van der Waals surface area contributed by atoms with Crippen LogP contribution in [0.1, 0.15) is 26.2 Å². The standard InChI is InChI=1S/C12H24N2O/c1-10-8-13-4-3-5-14(9-10)11-6-12(7-11)15-2/h10-13H,3-9H2,1-2H3. The molecule has 0 amide bonds. The fraction of sp³-hybridized carbons (Fsp3) is 1.00. The number of ether oxygens (including phenoxy) is 1. The fourth-order valence-electron chi connectivity index (χ4n) is 2.67. The van der Waals surface area contributed by atoms with Gasteiger partial charge in [-0.1, -0.05) is 6.92 Å². The Bertz CT molecular complexity index is 192. The zero-order chi connectivity index (χ0) is 10.7. The van der Waals surface area contributed by atoms with Gasteiger partial charge in [-0.15, -0.1) is 0 Å². The van der Waals surface area contributed by atoms with Gasteiger partial charge in [0.05, 0.1) is 6.10 Å². The summed E-state index contributed by atoms with van der Waals surface area (Å²) in [6, 6.07) is 0.801. The van der Waals surface area contributed by atoms with Crippen molar-refractivity contribution in [3.63, 3.8) is 0 Å². The third kappa shape index (κ3) is 2.92. The van der Waals surface area contributed by atoms with Gasteiger partial charge in [0.2, 0.25) is 0 Å². The van der Waals surface area contributed by atoms with Crippen molar-refractivity contribution in [2.75, 3.05) is 33.3 Å². The van der Waals surface area contributed by atoms with Crippen molar-refractivity contribution < 1.29 is 4.74 Å². The molecule has 1 unspecified atom stereocenters. The molecule has 1 heterocycles. The number of hydrogen-bond acceptors (Lipinski definition) is 3. The molecule has 0 bridgehead atoms. The summed E-state index contributed by atoms with van der Waals surface area (Å²) in [6.45, 7) is 7.22. The quantitative estimate of drug-likeness (QED) is 0.742. The summed E-state index contributed by atoms with van der Waals surface area (Å²) in [6.07, 6.45) is 4.32. The third-order valence-corrected chi connectivity index (χ3v) is 3.76. The number of methoxy groups -OCH3 is 1. The van der Waals surface area contributed by atoms with Crippen LogP contribution in [0.5, 0.6) is 0 Å². The molecule has 2 rings (SSSR count). The van der Waals surface area contributed by atoms with E-state index in [0.29, 0.717) is 6.10 Å². The minimum Gasteiger partial charge on any atom is -0.381 e. The summed E-state index contributed by atoms with van der Waals surface area (Å²) < 4.78 is 5.35. The van der Waals surface area contributed by atoms with Crippen molar-refractivity contribution in [2.45, 2.75) is 38.3 Å². The van der Waals surface area contributed by atoms with Crippen LogP contribution in [0.2, 0.25) is 0 Å². The van der Waals surface area contributed by atoms with Crippen LogP contribution in [0.3, 0.4) is 0 Å². The minimum absolute atomic E-state index is 0.536. The van der Waals surface area contributed by atoms with Crippen molar-refractivity contribution >= 4 is 0 Å². The van der Waals surface area contributed by atoms with Gasteiger partial charge in [0.15, 0.2) is 0 Å². The van der Waals surface area contributed by atoms with E-state index in [1.807, 2.05) is 7.11 Å². The molecule has 0 aromatic rings. The molecule has 1 atom stereocenters. The van der Waals surface area contributed by atoms with E-state index in [-0.39, 0.29) is 0 Å². The summed E-state index contributed by atoms with van der Waals surface area (Å²) in [5.74, 6) is 0.784. The lowest BCUT2D eigenvalue weighted by atomic mass is 9.87. The molecule has 1 aliphatic heterocycles. The first-order valence-corrected chi connectivity index (χ1v) is 6.27. The Balaban J connectivity index is 1.79. The van der Waals surface area contributed by atoms with E-state index in [1.54, 1.807) is 0 Å². The van der Waals surface area contributed by atoms with Crippen LogP contribution in [-0.4, -0.2) is 50.3 Å². The molecule has 0 aromatic heterocycles. The predicted molar refractivity (Wildman–Crippen MR) is 62.0 cm³/mol. The van der Waals surface area contributed by atoms with Crippen molar-refractivity contribution in [3.8, 4) is 0 Å². The van der Waals surface area contributed by atoms with Crippen LogP contribution in [0.4, 0.5) is 0 Å². The summed E-state index contributed by atoms with van der Waals surface area (Å²) in [4.78, 5) is 2.68. The second-order valence-electron chi connectivity index (χ2n) is 5.14. The molecule has 1 N–H and O–H groups in total. The van der Waals surface area contributed by atoms with Gasteiger partial charge in [0, 0.05) is 19.7 Å². The lowest BCUT2D eigenvalue weighted by Crippen LogP contribution is -2.51. The Labute approximate surface area is 93.2 Å². The summed E-state index contributed by atoms with van der Waals surface area (Å²) >= 11 is 0. The Morgan fingerprint density at radius 2 is 2.13 bits per heavy atom. The van der Waals surface area contributed by atoms with Crippen LogP contribution in [0, 0.1) is 5.92 Å². The molecule has 2 aliphatic rings. The molecule has 3 heteroatoms. The highest BCUT2D eigenvalue weighted by Gasteiger charge is 2.34. The maximum Gasteiger partial charge on any atom is 0.0601 e. The fourth-order valence-corrected chi connectivity index (χ4v) is 2.67. The van der Waals surface area contributed by atoms with E-state index in [4.69, 9.17) is 4.74 Å². The minimum atomic E-state index is 0.536. The first kappa shape index (κ1) is 11.4. The Morgan fingerprint density at radius 3 is 2.87 bits per heavy atom. The molecule has 1 saturated carbocycles. The van der Waals surface area contributed by atoms with Gasteiger partial charge >= 0.3 is 0 Å². The SMILES string of the molecule is COC1CC(N2CCCNCC(C)C2)C1. The van der Waals surface area contributed by atoms with Crippen LogP contribution >= 0.6 is 0 Å². The lowest BCUT2D eigenvalue weighted by Gasteiger charge is -2.44. The largest absolute Gasteiger partial charge is 0.381 e. The van der Waals surface area contributed by atoms with Crippen LogP contribution < -0.4 is 5.32 Å². The number of nitrogens with zero attached hydrogens (tertiary/aromatic N) is 1. The van der Waals surface area contributed by atoms with Gasteiger partial charge in [-0.2, -0.15) is 0 Å². The molecule has 0 spiro atoms. The van der Waals surface area contributed by atoms with E-state index in [2.05, 4.69) is 17.1 Å². The molecule has 3 nitrogen and oxygen atoms in total. The van der Waals surface area contributed by atoms with E-state index < -0.39 is 0 Å². The zero-order valence-electron chi connectivity index (χ0n) is 10.0. The molecular formula is C12H24N2O. The topological polar surface area (TPSA) is 24.5 Å². The van der Waals surface area contributed by atoms with E-state index >= 15 is 0 Å². The predicted octanol–water partition coefficient (Wildman–Crippen LogP) is 1.10. The van der Waals surface area contributed by atoms with Crippen molar-refractivity contribution in [3.05, 3.63) is 0 Å². The number of nitrogens with one attached hydrogen (secondary N) is 1. The van der Waals surface area contributed by atoms with Crippen molar-refractivity contribution in [1.82, 2.24) is 10.2 Å². The Hall–Kier alpha value is -0.120. The molecule has 0 radical (unpaired) electrons. The summed E-state index contributed by atoms with van der Waals surface area (Å²) in [7, 11) is 1.83. The zero-order valence-corrected chi connectivity index (χ0v) is 10.0. The van der Waals surface area contributed by atoms with Gasteiger partial charge in [0.1, 0.15) is 0 Å². The normalized spacial score (nSPS) is 39.2. The third-order valence-electron chi connectivity index (χ3n) is 3.76. The molecule has 88 valence electrons. The average Bonchev–Trinajstić information content (AvgIpc) is 2.11. The van der Waals surface area contributed by atoms with Crippen molar-refractivity contribution in [1.29, 1.82) is 0 Å². The number of hydrogen-bond donors (Lipinski definition) is 1. The van der Waals surface area contributed by atoms with Gasteiger partial charge in [-0.3, -0.25) is 4.90 Å². The maximum atomic E-state index is 5.35. The smallest absolute Gasteiger partial charge is 0.0601 e. The molecule has 1 saturated heterocycles. The van der Waals surface area contributed by atoms with Crippen LogP contribution in [0.25, 0.3) is 0 Å².